The van der Waals surface area contributed by atoms with E-state index in [9.17, 15) is 4.79 Å². The maximum absolute atomic E-state index is 12.7. The predicted octanol–water partition coefficient (Wildman–Crippen LogP) is 0.992. The summed E-state index contributed by atoms with van der Waals surface area (Å²) in [5, 5.41) is 14.5. The van der Waals surface area contributed by atoms with E-state index >= 15 is 0 Å². The van der Waals surface area contributed by atoms with E-state index in [0.717, 1.165) is 22.6 Å². The summed E-state index contributed by atoms with van der Waals surface area (Å²) < 4.78 is 3.52. The Labute approximate surface area is 137 Å². The Hall–Kier alpha value is -3.23. The van der Waals surface area contributed by atoms with Crippen LogP contribution in [0.2, 0.25) is 0 Å². The molecule has 0 unspecified atom stereocenters. The Morgan fingerprint density at radius 1 is 1.33 bits per heavy atom. The molecule has 0 spiro atoms. The largest absolute Gasteiger partial charge is 0.322 e. The van der Waals surface area contributed by atoms with Crippen molar-refractivity contribution in [2.24, 2.45) is 0 Å². The molecule has 122 valence electrons. The molecule has 24 heavy (non-hydrogen) atoms. The zero-order valence-corrected chi connectivity index (χ0v) is 13.6. The minimum Gasteiger partial charge on any atom is -0.322 e. The van der Waals surface area contributed by atoms with E-state index < -0.39 is 0 Å². The third-order valence-electron chi connectivity index (χ3n) is 4.32. The normalized spacial score (nSPS) is 14.2. The van der Waals surface area contributed by atoms with Gasteiger partial charge in [-0.25, -0.2) is 9.67 Å². The number of aromatic nitrogens is 6. The Balaban J connectivity index is 1.63. The first-order valence-electron chi connectivity index (χ1n) is 7.49. The SMILES string of the molecule is CC1=C(C(=O)Nc2ccn3cnc(C)c3c2)Cn2nnnc2N1C. The number of amides is 1. The number of pyridine rings is 1. The van der Waals surface area contributed by atoms with Gasteiger partial charge >= 0.3 is 0 Å². The number of rotatable bonds is 2. The summed E-state index contributed by atoms with van der Waals surface area (Å²) in [6.45, 7) is 4.17. The molecule has 3 aromatic rings. The zero-order valence-electron chi connectivity index (χ0n) is 13.6. The molecule has 1 amide bonds. The van der Waals surface area contributed by atoms with Crippen molar-refractivity contribution >= 4 is 23.1 Å². The van der Waals surface area contributed by atoms with Crippen LogP contribution in [0.1, 0.15) is 12.6 Å². The van der Waals surface area contributed by atoms with Gasteiger partial charge in [0.05, 0.1) is 29.7 Å². The fraction of sp³-hybridized carbons (Fsp3) is 0.267. The van der Waals surface area contributed by atoms with E-state index in [1.807, 2.05) is 48.5 Å². The molecule has 0 saturated heterocycles. The van der Waals surface area contributed by atoms with Crippen LogP contribution in [0.5, 0.6) is 0 Å². The number of carbonyl (C=O) groups excluding carboxylic acids is 1. The van der Waals surface area contributed by atoms with Gasteiger partial charge in [-0.1, -0.05) is 5.10 Å². The quantitative estimate of drug-likeness (QED) is 0.755. The monoisotopic (exact) mass is 324 g/mol. The van der Waals surface area contributed by atoms with E-state index in [0.29, 0.717) is 18.1 Å². The summed E-state index contributed by atoms with van der Waals surface area (Å²) in [4.78, 5) is 18.8. The van der Waals surface area contributed by atoms with E-state index in [1.165, 1.54) is 0 Å². The number of anilines is 2. The van der Waals surface area contributed by atoms with Crippen LogP contribution in [0.15, 0.2) is 35.9 Å². The first-order valence-corrected chi connectivity index (χ1v) is 7.49. The van der Waals surface area contributed by atoms with Crippen LogP contribution < -0.4 is 10.2 Å². The van der Waals surface area contributed by atoms with Crippen molar-refractivity contribution in [2.75, 3.05) is 17.3 Å². The van der Waals surface area contributed by atoms with Gasteiger partial charge in [0.15, 0.2) is 0 Å². The maximum atomic E-state index is 12.7. The van der Waals surface area contributed by atoms with Gasteiger partial charge in [0.2, 0.25) is 5.95 Å². The smallest absolute Gasteiger partial charge is 0.255 e. The van der Waals surface area contributed by atoms with Gasteiger partial charge in [-0.3, -0.25) is 4.79 Å². The number of nitrogens with zero attached hydrogens (tertiary/aromatic N) is 7. The van der Waals surface area contributed by atoms with Crippen LogP contribution in [-0.2, 0) is 11.3 Å². The average Bonchev–Trinajstić information content (AvgIpc) is 3.18. The van der Waals surface area contributed by atoms with Crippen molar-refractivity contribution in [3.8, 4) is 0 Å². The number of hydrogen-bond acceptors (Lipinski definition) is 6. The Kier molecular flexibility index (Phi) is 3.08. The van der Waals surface area contributed by atoms with Crippen molar-refractivity contribution in [1.29, 1.82) is 0 Å². The lowest BCUT2D eigenvalue weighted by molar-refractivity contribution is -0.113. The second-order valence-electron chi connectivity index (χ2n) is 5.75. The summed E-state index contributed by atoms with van der Waals surface area (Å²) in [6.07, 6.45) is 3.62. The molecule has 1 aliphatic rings. The predicted molar refractivity (Wildman–Crippen MR) is 87.5 cm³/mol. The van der Waals surface area contributed by atoms with Crippen LogP contribution >= 0.6 is 0 Å². The second kappa shape index (κ2) is 5.15. The molecule has 0 aliphatic carbocycles. The molecule has 3 aromatic heterocycles. The summed E-state index contributed by atoms with van der Waals surface area (Å²) in [5.41, 5.74) is 4.06. The number of imidazole rings is 1. The van der Waals surface area contributed by atoms with Gasteiger partial charge in [-0.15, -0.1) is 0 Å². The molecule has 9 nitrogen and oxygen atoms in total. The van der Waals surface area contributed by atoms with Gasteiger partial charge in [0, 0.05) is 24.6 Å². The first kappa shape index (κ1) is 14.4. The number of aryl methyl sites for hydroxylation is 1. The molecule has 4 rings (SSSR count). The van der Waals surface area contributed by atoms with Crippen molar-refractivity contribution in [1.82, 2.24) is 29.6 Å². The number of fused-ring (bicyclic) bond motifs is 2. The van der Waals surface area contributed by atoms with Gasteiger partial charge in [0.1, 0.15) is 0 Å². The van der Waals surface area contributed by atoms with Crippen LogP contribution in [0.4, 0.5) is 11.6 Å². The van der Waals surface area contributed by atoms with Gasteiger partial charge in [-0.2, -0.15) is 0 Å². The van der Waals surface area contributed by atoms with E-state index in [1.54, 1.807) is 11.0 Å². The lowest BCUT2D eigenvalue weighted by Gasteiger charge is -2.26. The Morgan fingerprint density at radius 2 is 2.17 bits per heavy atom. The van der Waals surface area contributed by atoms with Crippen molar-refractivity contribution in [2.45, 2.75) is 20.4 Å². The summed E-state index contributed by atoms with van der Waals surface area (Å²) >= 11 is 0. The van der Waals surface area contributed by atoms with Gasteiger partial charge in [-0.05, 0) is 36.4 Å². The average molecular weight is 324 g/mol. The molecule has 0 atom stereocenters. The maximum Gasteiger partial charge on any atom is 0.255 e. The first-order chi connectivity index (χ1) is 11.5. The van der Waals surface area contributed by atoms with Crippen molar-refractivity contribution in [3.05, 3.63) is 41.6 Å². The fourth-order valence-corrected chi connectivity index (χ4v) is 2.80. The molecule has 0 bridgehead atoms. The highest BCUT2D eigenvalue weighted by Crippen LogP contribution is 2.24. The van der Waals surface area contributed by atoms with Crippen LogP contribution in [0, 0.1) is 6.92 Å². The molecule has 0 fully saturated rings. The molecule has 0 aromatic carbocycles. The minimum absolute atomic E-state index is 0.165. The molecule has 0 saturated carbocycles. The molecule has 1 N–H and O–H groups in total. The molecule has 9 heteroatoms. The molecule has 0 radical (unpaired) electrons. The molecular weight excluding hydrogens is 308 g/mol. The molecule has 1 aliphatic heterocycles. The topological polar surface area (TPSA) is 93.2 Å². The molecular formula is C15H16N8O. The molecule has 4 heterocycles. The van der Waals surface area contributed by atoms with E-state index in [-0.39, 0.29) is 5.91 Å². The lowest BCUT2D eigenvalue weighted by Crippen LogP contribution is -2.32. The lowest BCUT2D eigenvalue weighted by atomic mass is 10.1. The summed E-state index contributed by atoms with van der Waals surface area (Å²) in [6, 6.07) is 3.75. The fourth-order valence-electron chi connectivity index (χ4n) is 2.80. The summed E-state index contributed by atoms with van der Waals surface area (Å²) in [7, 11) is 1.84. The van der Waals surface area contributed by atoms with Gasteiger partial charge in [0.25, 0.3) is 5.91 Å². The minimum atomic E-state index is -0.165. The van der Waals surface area contributed by atoms with Crippen molar-refractivity contribution < 1.29 is 4.79 Å². The zero-order chi connectivity index (χ0) is 16.8. The Morgan fingerprint density at radius 3 is 3.00 bits per heavy atom. The number of hydrogen-bond donors (Lipinski definition) is 1. The Bertz CT molecular complexity index is 982. The third-order valence-corrected chi connectivity index (χ3v) is 4.32. The highest BCUT2D eigenvalue weighted by Gasteiger charge is 2.26. The number of tetrazole rings is 1. The second-order valence-corrected chi connectivity index (χ2v) is 5.75. The van der Waals surface area contributed by atoms with Gasteiger partial charge < -0.3 is 14.6 Å². The van der Waals surface area contributed by atoms with Crippen LogP contribution in [0.3, 0.4) is 0 Å². The van der Waals surface area contributed by atoms with E-state index in [4.69, 9.17) is 0 Å². The standard InChI is InChI=1S/C15H16N8O/c1-9-13-6-11(4-5-22(13)8-16-9)17-14(24)12-7-23-15(18-19-20-23)21(3)10(12)2/h4-6,8H,7H2,1-3H3,(H,17,24). The summed E-state index contributed by atoms with van der Waals surface area (Å²) in [5.74, 6) is 0.461. The number of carbonyl (C=O) groups is 1. The number of allylic oxidation sites excluding steroid dienone is 1. The van der Waals surface area contributed by atoms with Crippen LogP contribution in [-0.4, -0.2) is 42.5 Å². The third kappa shape index (κ3) is 2.13. The number of nitrogens with one attached hydrogen (secondary N) is 1. The highest BCUT2D eigenvalue weighted by molar-refractivity contribution is 6.05. The highest BCUT2D eigenvalue weighted by atomic mass is 16.1. The van der Waals surface area contributed by atoms with Crippen molar-refractivity contribution in [3.63, 3.8) is 0 Å². The van der Waals surface area contributed by atoms with E-state index in [2.05, 4.69) is 25.8 Å². The van der Waals surface area contributed by atoms with Crippen LogP contribution in [0.25, 0.3) is 5.52 Å².